The van der Waals surface area contributed by atoms with E-state index in [2.05, 4.69) is 20.5 Å². The average Bonchev–Trinajstić information content (AvgIpc) is 2.79. The third-order valence-electron chi connectivity index (χ3n) is 4.73. The van der Waals surface area contributed by atoms with Crippen LogP contribution in [0, 0.1) is 11.6 Å². The predicted molar refractivity (Wildman–Crippen MR) is 113 cm³/mol. The van der Waals surface area contributed by atoms with Gasteiger partial charge in [-0.3, -0.25) is 9.59 Å². The number of hydrogen-bond acceptors (Lipinski definition) is 6. The molecular weight excluding hydrogens is 422 g/mol. The molecule has 0 aliphatic carbocycles. The van der Waals surface area contributed by atoms with Gasteiger partial charge < -0.3 is 19.8 Å². The van der Waals surface area contributed by atoms with Gasteiger partial charge >= 0.3 is 0 Å². The molecule has 1 amide bonds. The zero-order valence-electron chi connectivity index (χ0n) is 17.6. The summed E-state index contributed by atoms with van der Waals surface area (Å²) in [7, 11) is 3.11. The fourth-order valence-electron chi connectivity index (χ4n) is 3.00. The summed E-state index contributed by atoms with van der Waals surface area (Å²) in [5.74, 6) is -1.05. The molecule has 0 aliphatic heterocycles. The summed E-state index contributed by atoms with van der Waals surface area (Å²) < 4.78 is 36.9. The van der Waals surface area contributed by atoms with E-state index in [0.717, 1.165) is 17.7 Å². The van der Waals surface area contributed by atoms with Crippen molar-refractivity contribution in [3.63, 3.8) is 0 Å². The second-order valence-electron chi connectivity index (χ2n) is 6.87. The van der Waals surface area contributed by atoms with Crippen LogP contribution in [0.15, 0.2) is 41.2 Å². The fourth-order valence-corrected chi connectivity index (χ4v) is 3.00. The van der Waals surface area contributed by atoms with Crippen molar-refractivity contribution in [2.24, 2.45) is 0 Å². The van der Waals surface area contributed by atoms with Crippen LogP contribution in [0.5, 0.6) is 11.5 Å². The van der Waals surface area contributed by atoms with Crippen molar-refractivity contribution in [3.05, 3.63) is 69.6 Å². The number of benzene rings is 2. The molecule has 0 aliphatic rings. The van der Waals surface area contributed by atoms with Crippen LogP contribution in [0.2, 0.25) is 0 Å². The lowest BCUT2D eigenvalue weighted by Gasteiger charge is -2.10. The number of aromatic amines is 1. The lowest BCUT2D eigenvalue weighted by atomic mass is 10.1. The van der Waals surface area contributed by atoms with E-state index in [1.165, 1.54) is 6.07 Å². The Morgan fingerprint density at radius 3 is 2.47 bits per heavy atom. The van der Waals surface area contributed by atoms with Crippen molar-refractivity contribution >= 4 is 5.91 Å². The number of methoxy groups -OCH3 is 2. The normalized spacial score (nSPS) is 10.6. The number of nitrogens with one attached hydrogen (secondary N) is 2. The predicted octanol–water partition coefficient (Wildman–Crippen LogP) is 2.42. The van der Waals surface area contributed by atoms with Gasteiger partial charge in [0, 0.05) is 24.9 Å². The van der Waals surface area contributed by atoms with Gasteiger partial charge in [0.15, 0.2) is 29.0 Å². The number of nitrogens with zero attached hydrogens (tertiary/aromatic N) is 2. The Morgan fingerprint density at radius 2 is 1.78 bits per heavy atom. The van der Waals surface area contributed by atoms with Crippen molar-refractivity contribution in [1.29, 1.82) is 0 Å². The molecule has 3 rings (SSSR count). The summed E-state index contributed by atoms with van der Waals surface area (Å²) in [6, 6.07) is 8.66. The Bertz CT molecular complexity index is 1170. The Morgan fingerprint density at radius 1 is 1.00 bits per heavy atom. The Kier molecular flexibility index (Phi) is 7.48. The third-order valence-corrected chi connectivity index (χ3v) is 4.73. The maximum atomic E-state index is 13.4. The van der Waals surface area contributed by atoms with E-state index in [4.69, 9.17) is 9.47 Å². The Labute approximate surface area is 182 Å². The number of carbonyl (C=O) groups excluding carboxylic acids is 1. The summed E-state index contributed by atoms with van der Waals surface area (Å²) in [4.78, 5) is 26.8. The minimum absolute atomic E-state index is 0.0111. The van der Waals surface area contributed by atoms with E-state index < -0.39 is 17.2 Å². The lowest BCUT2D eigenvalue weighted by molar-refractivity contribution is -0.121. The first-order chi connectivity index (χ1) is 15.4. The molecule has 168 valence electrons. The van der Waals surface area contributed by atoms with E-state index in [1.807, 2.05) is 12.1 Å². The molecule has 1 heterocycles. The molecule has 0 spiro atoms. The zero-order chi connectivity index (χ0) is 23.1. The van der Waals surface area contributed by atoms with Crippen LogP contribution in [-0.4, -0.2) is 41.9 Å². The van der Waals surface area contributed by atoms with E-state index in [-0.39, 0.29) is 35.8 Å². The summed E-state index contributed by atoms with van der Waals surface area (Å²) in [6.07, 6.45) is 0.728. The van der Waals surface area contributed by atoms with Gasteiger partial charge in [0.25, 0.3) is 5.56 Å². The molecule has 0 bridgehead atoms. The molecule has 1 aromatic heterocycles. The smallest absolute Gasteiger partial charge is 0.273 e. The number of H-pyrrole nitrogens is 1. The second kappa shape index (κ2) is 10.5. The minimum atomic E-state index is -1.06. The van der Waals surface area contributed by atoms with Crippen molar-refractivity contribution in [3.8, 4) is 22.9 Å². The van der Waals surface area contributed by atoms with E-state index in [0.29, 0.717) is 24.5 Å². The molecular formula is C22H22F2N4O4. The minimum Gasteiger partial charge on any atom is -0.493 e. The average molecular weight is 444 g/mol. The van der Waals surface area contributed by atoms with Crippen molar-refractivity contribution in [2.45, 2.75) is 19.3 Å². The van der Waals surface area contributed by atoms with Crippen LogP contribution in [0.3, 0.4) is 0 Å². The van der Waals surface area contributed by atoms with Gasteiger partial charge in [0.05, 0.1) is 14.2 Å². The molecule has 8 nitrogen and oxygen atoms in total. The van der Waals surface area contributed by atoms with Crippen LogP contribution < -0.4 is 20.3 Å². The van der Waals surface area contributed by atoms with Gasteiger partial charge in [-0.1, -0.05) is 6.07 Å². The van der Waals surface area contributed by atoms with E-state index in [1.54, 1.807) is 20.3 Å². The fraction of sp³-hybridized carbons (Fsp3) is 0.273. The first kappa shape index (κ1) is 22.9. The van der Waals surface area contributed by atoms with Gasteiger partial charge in [-0.05, 0) is 42.3 Å². The maximum absolute atomic E-state index is 13.4. The molecule has 0 unspecified atom stereocenters. The number of rotatable bonds is 9. The SMILES string of the molecule is COc1ccc(CCNC(=O)CCc2nnc(-c3ccc(F)c(F)c3)[nH]c2=O)cc1OC. The third kappa shape index (κ3) is 5.65. The highest BCUT2D eigenvalue weighted by molar-refractivity contribution is 5.76. The first-order valence-electron chi connectivity index (χ1n) is 9.80. The van der Waals surface area contributed by atoms with Crippen LogP contribution in [0.4, 0.5) is 8.78 Å². The molecule has 10 heteroatoms. The summed E-state index contributed by atoms with van der Waals surface area (Å²) in [5, 5.41) is 10.5. The molecule has 3 aromatic rings. The Hall–Kier alpha value is -3.82. The van der Waals surface area contributed by atoms with E-state index >= 15 is 0 Å². The van der Waals surface area contributed by atoms with Gasteiger partial charge in [-0.2, -0.15) is 0 Å². The summed E-state index contributed by atoms with van der Waals surface area (Å²) in [6.45, 7) is 0.408. The molecule has 2 aromatic carbocycles. The monoisotopic (exact) mass is 444 g/mol. The number of aromatic nitrogens is 3. The zero-order valence-corrected chi connectivity index (χ0v) is 17.6. The molecule has 0 saturated heterocycles. The van der Waals surface area contributed by atoms with Crippen molar-refractivity contribution < 1.29 is 23.0 Å². The van der Waals surface area contributed by atoms with Crippen molar-refractivity contribution in [1.82, 2.24) is 20.5 Å². The number of aryl methyl sites for hydroxylation is 1. The van der Waals surface area contributed by atoms with E-state index in [9.17, 15) is 18.4 Å². The largest absolute Gasteiger partial charge is 0.493 e. The Balaban J connectivity index is 1.51. The number of halogens is 2. The molecule has 0 fully saturated rings. The van der Waals surface area contributed by atoms with Crippen LogP contribution in [0.1, 0.15) is 17.7 Å². The molecule has 0 radical (unpaired) electrons. The summed E-state index contributed by atoms with van der Waals surface area (Å²) >= 11 is 0. The van der Waals surface area contributed by atoms with Gasteiger partial charge in [0.1, 0.15) is 5.69 Å². The van der Waals surface area contributed by atoms with Crippen LogP contribution >= 0.6 is 0 Å². The quantitative estimate of drug-likeness (QED) is 0.525. The molecule has 2 N–H and O–H groups in total. The molecule has 32 heavy (non-hydrogen) atoms. The highest BCUT2D eigenvalue weighted by atomic mass is 19.2. The number of carbonyl (C=O) groups is 1. The topological polar surface area (TPSA) is 106 Å². The second-order valence-corrected chi connectivity index (χ2v) is 6.87. The van der Waals surface area contributed by atoms with Gasteiger partial charge in [-0.15, -0.1) is 10.2 Å². The van der Waals surface area contributed by atoms with Gasteiger partial charge in [0.2, 0.25) is 5.91 Å². The number of amides is 1. The van der Waals surface area contributed by atoms with Gasteiger partial charge in [-0.25, -0.2) is 8.78 Å². The van der Waals surface area contributed by atoms with Crippen LogP contribution in [0.25, 0.3) is 11.4 Å². The number of hydrogen-bond donors (Lipinski definition) is 2. The number of ether oxygens (including phenoxy) is 2. The maximum Gasteiger partial charge on any atom is 0.273 e. The summed E-state index contributed by atoms with van der Waals surface area (Å²) in [5.41, 5.74) is 0.690. The molecule has 0 atom stereocenters. The highest BCUT2D eigenvalue weighted by Gasteiger charge is 2.11. The van der Waals surface area contributed by atoms with Crippen molar-refractivity contribution in [2.75, 3.05) is 20.8 Å². The highest BCUT2D eigenvalue weighted by Crippen LogP contribution is 2.27. The van der Waals surface area contributed by atoms with Crippen LogP contribution in [-0.2, 0) is 17.6 Å². The standard InChI is InChI=1S/C22H22F2N4O4/c1-31-18-7-3-13(11-19(18)32-2)9-10-25-20(29)8-6-17-22(30)26-21(28-27-17)14-4-5-15(23)16(24)12-14/h3-5,7,11-12H,6,8-10H2,1-2H3,(H,25,29)(H,26,28,30). The lowest BCUT2D eigenvalue weighted by Crippen LogP contribution is -2.27. The molecule has 0 saturated carbocycles. The first-order valence-corrected chi connectivity index (χ1v) is 9.80.